The van der Waals surface area contributed by atoms with Crippen LogP contribution < -0.4 is 9.64 Å². The van der Waals surface area contributed by atoms with Gasteiger partial charge in [-0.05, 0) is 43.8 Å². The number of aromatic nitrogens is 3. The lowest BCUT2D eigenvalue weighted by molar-refractivity contribution is -0.125. The van der Waals surface area contributed by atoms with E-state index in [9.17, 15) is 9.18 Å². The number of amides is 1. The van der Waals surface area contributed by atoms with Gasteiger partial charge in [0.25, 0.3) is 0 Å². The molecule has 0 radical (unpaired) electrons. The van der Waals surface area contributed by atoms with Crippen molar-refractivity contribution < 1.29 is 18.3 Å². The normalized spacial score (nSPS) is 17.3. The molecule has 6 rings (SSSR count). The monoisotopic (exact) mass is 582 g/mol. The van der Waals surface area contributed by atoms with Crippen molar-refractivity contribution in [3.05, 3.63) is 65.9 Å². The maximum Gasteiger partial charge on any atom is 0.318 e. The Bertz CT molecular complexity index is 1780. The first-order valence-electron chi connectivity index (χ1n) is 14.4. The molecule has 1 amide bonds. The number of nitrogens with zero attached hydrogens (tertiary/aromatic N) is 6. The SMILES string of the molecule is C#Cc1c(F)ccc2cccc(-c3ncc4c(N(C)C5CCN(C(=O)/C=C/CN6CCCC6)C5)nc(OC)nc4c3F)c12. The number of hydrogen-bond acceptors (Lipinski definition) is 7. The van der Waals surface area contributed by atoms with Crippen molar-refractivity contribution in [3.8, 4) is 29.6 Å². The lowest BCUT2D eigenvalue weighted by Gasteiger charge is -2.27. The summed E-state index contributed by atoms with van der Waals surface area (Å²) >= 11 is 0. The van der Waals surface area contributed by atoms with Crippen LogP contribution in [0.2, 0.25) is 0 Å². The molecule has 0 bridgehead atoms. The maximum absolute atomic E-state index is 16.3. The third-order valence-electron chi connectivity index (χ3n) is 8.40. The van der Waals surface area contributed by atoms with E-state index in [0.717, 1.165) is 26.1 Å². The van der Waals surface area contributed by atoms with Gasteiger partial charge in [0.2, 0.25) is 5.91 Å². The minimum absolute atomic E-state index is 0.00514. The first-order chi connectivity index (χ1) is 20.9. The molecule has 2 aromatic carbocycles. The van der Waals surface area contributed by atoms with Gasteiger partial charge >= 0.3 is 6.01 Å². The molecule has 0 spiro atoms. The van der Waals surface area contributed by atoms with E-state index >= 15 is 4.39 Å². The largest absolute Gasteiger partial charge is 0.467 e. The molecule has 2 fully saturated rings. The zero-order valence-corrected chi connectivity index (χ0v) is 24.2. The number of pyridine rings is 1. The van der Waals surface area contributed by atoms with Crippen LogP contribution in [-0.4, -0.2) is 83.6 Å². The van der Waals surface area contributed by atoms with E-state index in [2.05, 4.69) is 25.8 Å². The van der Waals surface area contributed by atoms with E-state index < -0.39 is 11.6 Å². The van der Waals surface area contributed by atoms with Gasteiger partial charge in [-0.25, -0.2) is 8.78 Å². The van der Waals surface area contributed by atoms with Crippen LogP contribution in [0.4, 0.5) is 14.6 Å². The molecule has 2 aliphatic heterocycles. The Labute approximate surface area is 249 Å². The fraction of sp³-hybridized carbons (Fsp3) is 0.333. The van der Waals surface area contributed by atoms with Gasteiger partial charge in [0, 0.05) is 55.9 Å². The fourth-order valence-electron chi connectivity index (χ4n) is 6.07. The summed E-state index contributed by atoms with van der Waals surface area (Å²) in [6.45, 7) is 4.05. The Morgan fingerprint density at radius 2 is 2.00 bits per heavy atom. The van der Waals surface area contributed by atoms with Crippen molar-refractivity contribution >= 4 is 33.4 Å². The first-order valence-corrected chi connectivity index (χ1v) is 14.4. The van der Waals surface area contributed by atoms with Gasteiger partial charge in [0.05, 0.1) is 18.1 Å². The molecule has 43 heavy (non-hydrogen) atoms. The van der Waals surface area contributed by atoms with Gasteiger partial charge in [0.15, 0.2) is 5.82 Å². The topological polar surface area (TPSA) is 74.7 Å². The van der Waals surface area contributed by atoms with E-state index in [1.54, 1.807) is 30.3 Å². The molecule has 2 aliphatic rings. The van der Waals surface area contributed by atoms with Crippen LogP contribution in [-0.2, 0) is 4.79 Å². The highest BCUT2D eigenvalue weighted by Crippen LogP contribution is 2.37. The lowest BCUT2D eigenvalue weighted by Crippen LogP contribution is -2.36. The summed E-state index contributed by atoms with van der Waals surface area (Å²) in [4.78, 5) is 32.3. The standard InChI is InChI=1S/C33H32F2N6O2/c1-4-23-26(34)13-12-21-9-7-10-24(28(21)23)30-29(35)31-25(19-36-30)32(38-33(37-31)43-3)39(2)22-14-18-41(20-22)27(42)11-8-17-40-15-5-6-16-40/h1,7-13,19,22H,5-6,14-18,20H2,2-3H3/b11-8+. The third-order valence-corrected chi connectivity index (χ3v) is 8.40. The van der Waals surface area contributed by atoms with Gasteiger partial charge < -0.3 is 14.5 Å². The summed E-state index contributed by atoms with van der Waals surface area (Å²) < 4.78 is 36.3. The second kappa shape index (κ2) is 11.9. The van der Waals surface area contributed by atoms with Crippen LogP contribution in [0.3, 0.4) is 0 Å². The number of likely N-dealkylation sites (tertiary alicyclic amines) is 2. The Balaban J connectivity index is 1.32. The summed E-state index contributed by atoms with van der Waals surface area (Å²) in [5.74, 6) is 1.56. The van der Waals surface area contributed by atoms with E-state index in [0.29, 0.717) is 40.6 Å². The van der Waals surface area contributed by atoms with Crippen LogP contribution in [0.15, 0.2) is 48.7 Å². The number of fused-ring (bicyclic) bond motifs is 2. The van der Waals surface area contributed by atoms with Crippen molar-refractivity contribution in [2.45, 2.75) is 25.3 Å². The van der Waals surface area contributed by atoms with Crippen molar-refractivity contribution in [2.75, 3.05) is 51.8 Å². The molecule has 1 unspecified atom stereocenters. The highest BCUT2D eigenvalue weighted by atomic mass is 19.1. The molecule has 8 nitrogen and oxygen atoms in total. The van der Waals surface area contributed by atoms with Crippen molar-refractivity contribution in [2.24, 2.45) is 0 Å². The van der Waals surface area contributed by atoms with E-state index in [-0.39, 0.29) is 34.7 Å². The minimum Gasteiger partial charge on any atom is -0.467 e. The van der Waals surface area contributed by atoms with E-state index in [1.165, 1.54) is 32.2 Å². The number of terminal acetylenes is 1. The minimum atomic E-state index is -0.695. The molecule has 220 valence electrons. The number of halogens is 2. The molecule has 2 saturated heterocycles. The molecule has 2 aromatic heterocycles. The smallest absolute Gasteiger partial charge is 0.318 e. The van der Waals surface area contributed by atoms with Gasteiger partial charge in [0.1, 0.15) is 22.8 Å². The van der Waals surface area contributed by atoms with Crippen LogP contribution in [0, 0.1) is 24.0 Å². The second-order valence-electron chi connectivity index (χ2n) is 10.9. The van der Waals surface area contributed by atoms with Crippen molar-refractivity contribution in [1.29, 1.82) is 0 Å². The molecular formula is C33H32F2N6O2. The maximum atomic E-state index is 16.3. The number of benzene rings is 2. The summed E-state index contributed by atoms with van der Waals surface area (Å²) in [6, 6.07) is 8.04. The molecule has 1 atom stereocenters. The molecule has 4 aromatic rings. The predicted octanol–water partition coefficient (Wildman–Crippen LogP) is 4.80. The van der Waals surface area contributed by atoms with E-state index in [4.69, 9.17) is 11.2 Å². The summed E-state index contributed by atoms with van der Waals surface area (Å²) in [5, 5.41) is 1.46. The Hall–Kier alpha value is -4.62. The molecule has 0 N–H and O–H groups in total. The average molecular weight is 583 g/mol. The Kier molecular flexibility index (Phi) is 7.91. The van der Waals surface area contributed by atoms with Crippen molar-refractivity contribution in [3.63, 3.8) is 0 Å². The summed E-state index contributed by atoms with van der Waals surface area (Å²) in [6.07, 6.45) is 13.9. The number of rotatable bonds is 7. The Morgan fingerprint density at radius 1 is 1.19 bits per heavy atom. The number of hydrogen-bond donors (Lipinski definition) is 0. The first kappa shape index (κ1) is 28.5. The van der Waals surface area contributed by atoms with Crippen LogP contribution >= 0.6 is 0 Å². The number of methoxy groups -OCH3 is 1. The number of likely N-dealkylation sites (N-methyl/N-ethyl adjacent to an activating group) is 1. The lowest BCUT2D eigenvalue weighted by atomic mass is 9.96. The quantitative estimate of drug-likeness (QED) is 0.229. The van der Waals surface area contributed by atoms with Crippen LogP contribution in [0.25, 0.3) is 32.9 Å². The molecule has 0 saturated carbocycles. The van der Waals surface area contributed by atoms with E-state index in [1.807, 2.05) is 22.9 Å². The highest BCUT2D eigenvalue weighted by Gasteiger charge is 2.31. The molecule has 10 heteroatoms. The van der Waals surface area contributed by atoms with Crippen LogP contribution in [0.1, 0.15) is 24.8 Å². The molecule has 4 heterocycles. The predicted molar refractivity (Wildman–Crippen MR) is 163 cm³/mol. The second-order valence-corrected chi connectivity index (χ2v) is 10.9. The van der Waals surface area contributed by atoms with Gasteiger partial charge in [-0.2, -0.15) is 9.97 Å². The zero-order chi connectivity index (χ0) is 30.1. The average Bonchev–Trinajstić information content (AvgIpc) is 3.73. The van der Waals surface area contributed by atoms with Gasteiger partial charge in [-0.15, -0.1) is 6.42 Å². The third kappa shape index (κ3) is 5.37. The zero-order valence-electron chi connectivity index (χ0n) is 24.2. The fourth-order valence-corrected chi connectivity index (χ4v) is 6.07. The highest BCUT2D eigenvalue weighted by molar-refractivity contribution is 6.02. The molecular weight excluding hydrogens is 550 g/mol. The van der Waals surface area contributed by atoms with Crippen LogP contribution in [0.5, 0.6) is 6.01 Å². The number of carbonyl (C=O) groups is 1. The summed E-state index contributed by atoms with van der Waals surface area (Å²) in [5.41, 5.74) is 0.416. The van der Waals surface area contributed by atoms with Crippen molar-refractivity contribution in [1.82, 2.24) is 24.8 Å². The summed E-state index contributed by atoms with van der Waals surface area (Å²) in [7, 11) is 3.28. The number of anilines is 1. The van der Waals surface area contributed by atoms with Gasteiger partial charge in [-0.3, -0.25) is 14.7 Å². The number of carbonyl (C=O) groups excluding carboxylic acids is 1. The Morgan fingerprint density at radius 3 is 2.77 bits per heavy atom. The van der Waals surface area contributed by atoms with Gasteiger partial charge in [-0.1, -0.05) is 36.3 Å². The number of ether oxygens (including phenoxy) is 1. The molecule has 0 aliphatic carbocycles.